The van der Waals surface area contributed by atoms with Gasteiger partial charge >= 0.3 is 5.97 Å². The molecule has 120 valence electrons. The summed E-state index contributed by atoms with van der Waals surface area (Å²) in [6.45, 7) is 1.94. The Morgan fingerprint density at radius 2 is 2.09 bits per heavy atom. The first-order chi connectivity index (χ1) is 10.7. The van der Waals surface area contributed by atoms with Gasteiger partial charge in [-0.25, -0.2) is 0 Å². The number of benzene rings is 1. The highest BCUT2D eigenvalue weighted by Crippen LogP contribution is 2.22. The Balaban J connectivity index is 1.78. The Bertz CT molecular complexity index is 522. The number of ether oxygens (including phenoxy) is 3. The molecule has 4 nitrogen and oxygen atoms in total. The van der Waals surface area contributed by atoms with E-state index in [-0.39, 0.29) is 5.97 Å². The molecule has 0 atom stereocenters. The predicted octanol–water partition coefficient (Wildman–Crippen LogP) is 3.63. The lowest BCUT2D eigenvalue weighted by molar-refractivity contribution is -0.140. The van der Waals surface area contributed by atoms with Gasteiger partial charge in [0, 0.05) is 22.9 Å². The topological polar surface area (TPSA) is 44.8 Å². The minimum Gasteiger partial charge on any atom is -0.489 e. The van der Waals surface area contributed by atoms with Crippen molar-refractivity contribution in [2.75, 3.05) is 26.9 Å². The average molecular weight is 369 g/mol. The first-order valence-corrected chi connectivity index (χ1v) is 8.21. The Morgan fingerprint density at radius 1 is 1.32 bits per heavy atom. The third-order valence-corrected chi connectivity index (χ3v) is 4.49. The quantitative estimate of drug-likeness (QED) is 0.689. The van der Waals surface area contributed by atoms with Crippen LogP contribution in [0.15, 0.2) is 34.3 Å². The van der Waals surface area contributed by atoms with Crippen molar-refractivity contribution in [3.8, 4) is 5.75 Å². The van der Waals surface area contributed by atoms with Crippen LogP contribution in [0.3, 0.4) is 0 Å². The maximum Gasteiger partial charge on any atom is 0.305 e. The number of hydrogen-bond donors (Lipinski definition) is 0. The molecule has 2 rings (SSSR count). The SMILES string of the molecule is COC(=O)CCCc1ccc(OCC2=C(Br)CCOC2)cc1. The highest BCUT2D eigenvalue weighted by atomic mass is 79.9. The lowest BCUT2D eigenvalue weighted by Crippen LogP contribution is -2.14. The van der Waals surface area contributed by atoms with E-state index in [4.69, 9.17) is 9.47 Å². The molecule has 0 bridgehead atoms. The molecule has 0 aliphatic carbocycles. The van der Waals surface area contributed by atoms with Crippen LogP contribution in [0.4, 0.5) is 0 Å². The van der Waals surface area contributed by atoms with Gasteiger partial charge in [0.15, 0.2) is 0 Å². The highest BCUT2D eigenvalue weighted by Gasteiger charge is 2.11. The maximum atomic E-state index is 11.1. The molecular weight excluding hydrogens is 348 g/mol. The monoisotopic (exact) mass is 368 g/mol. The van der Waals surface area contributed by atoms with Crippen LogP contribution in [0.2, 0.25) is 0 Å². The minimum atomic E-state index is -0.159. The Labute approximate surface area is 139 Å². The first kappa shape index (κ1) is 17.0. The molecule has 1 heterocycles. The number of esters is 1. The smallest absolute Gasteiger partial charge is 0.305 e. The van der Waals surface area contributed by atoms with Gasteiger partial charge in [0.05, 0.1) is 20.3 Å². The lowest BCUT2D eigenvalue weighted by atomic mass is 10.1. The van der Waals surface area contributed by atoms with Gasteiger partial charge in [0.2, 0.25) is 0 Å². The summed E-state index contributed by atoms with van der Waals surface area (Å²) in [5.41, 5.74) is 2.35. The van der Waals surface area contributed by atoms with Gasteiger partial charge in [0.25, 0.3) is 0 Å². The zero-order chi connectivity index (χ0) is 15.8. The third-order valence-electron chi connectivity index (χ3n) is 3.54. The third kappa shape index (κ3) is 5.46. The fourth-order valence-electron chi connectivity index (χ4n) is 2.19. The average Bonchev–Trinajstić information content (AvgIpc) is 2.55. The number of aryl methyl sites for hydroxylation is 1. The summed E-state index contributed by atoms with van der Waals surface area (Å²) in [7, 11) is 1.42. The van der Waals surface area contributed by atoms with E-state index in [0.717, 1.165) is 37.2 Å². The molecule has 0 saturated carbocycles. The zero-order valence-electron chi connectivity index (χ0n) is 12.8. The second kappa shape index (κ2) is 8.96. The molecule has 22 heavy (non-hydrogen) atoms. The van der Waals surface area contributed by atoms with Crippen molar-refractivity contribution < 1.29 is 19.0 Å². The van der Waals surface area contributed by atoms with Crippen LogP contribution in [-0.2, 0) is 20.7 Å². The molecule has 0 fully saturated rings. The molecule has 1 aromatic carbocycles. The second-order valence-corrected chi connectivity index (χ2v) is 6.13. The van der Waals surface area contributed by atoms with E-state index < -0.39 is 0 Å². The summed E-state index contributed by atoms with van der Waals surface area (Å²) < 4.78 is 17.0. The van der Waals surface area contributed by atoms with Gasteiger partial charge in [-0.15, -0.1) is 0 Å². The van der Waals surface area contributed by atoms with Crippen LogP contribution >= 0.6 is 15.9 Å². The van der Waals surface area contributed by atoms with Crippen molar-refractivity contribution in [1.29, 1.82) is 0 Å². The summed E-state index contributed by atoms with van der Waals surface area (Å²) in [6.07, 6.45) is 3.03. The van der Waals surface area contributed by atoms with Gasteiger partial charge in [0.1, 0.15) is 12.4 Å². The van der Waals surface area contributed by atoms with Crippen molar-refractivity contribution >= 4 is 21.9 Å². The Hall–Kier alpha value is -1.33. The predicted molar refractivity (Wildman–Crippen MR) is 88.3 cm³/mol. The van der Waals surface area contributed by atoms with Gasteiger partial charge < -0.3 is 14.2 Å². The minimum absolute atomic E-state index is 0.159. The van der Waals surface area contributed by atoms with E-state index in [9.17, 15) is 4.79 Å². The van der Waals surface area contributed by atoms with Crippen LogP contribution in [0.25, 0.3) is 0 Å². The van der Waals surface area contributed by atoms with Crippen LogP contribution in [-0.4, -0.2) is 32.9 Å². The van der Waals surface area contributed by atoms with E-state index in [1.807, 2.05) is 24.3 Å². The molecule has 1 aromatic rings. The maximum absolute atomic E-state index is 11.1. The van der Waals surface area contributed by atoms with Gasteiger partial charge in [-0.05, 0) is 30.5 Å². The fraction of sp³-hybridized carbons (Fsp3) is 0.471. The Morgan fingerprint density at radius 3 is 2.77 bits per heavy atom. The number of halogens is 1. The molecule has 0 amide bonds. The summed E-state index contributed by atoms with van der Waals surface area (Å²) in [5, 5.41) is 0. The molecular formula is C17H21BrO4. The normalized spacial score (nSPS) is 14.8. The fourth-order valence-corrected chi connectivity index (χ4v) is 2.58. The molecule has 0 N–H and O–H groups in total. The molecule has 5 heteroatoms. The molecule has 0 unspecified atom stereocenters. The molecule has 0 radical (unpaired) electrons. The molecule has 1 aliphatic rings. The van der Waals surface area contributed by atoms with Crippen LogP contribution in [0.1, 0.15) is 24.8 Å². The summed E-state index contributed by atoms with van der Waals surface area (Å²) in [5.74, 6) is 0.684. The second-order valence-electron chi connectivity index (χ2n) is 5.17. The van der Waals surface area contributed by atoms with E-state index >= 15 is 0 Å². The summed E-state index contributed by atoms with van der Waals surface area (Å²) in [4.78, 5) is 11.1. The van der Waals surface area contributed by atoms with E-state index in [1.54, 1.807) is 0 Å². The van der Waals surface area contributed by atoms with Crippen LogP contribution in [0.5, 0.6) is 5.75 Å². The van der Waals surface area contributed by atoms with Crippen molar-refractivity contribution in [3.63, 3.8) is 0 Å². The van der Waals surface area contributed by atoms with Crippen molar-refractivity contribution in [2.45, 2.75) is 25.7 Å². The molecule has 0 spiro atoms. The number of carbonyl (C=O) groups is 1. The van der Waals surface area contributed by atoms with Crippen molar-refractivity contribution in [1.82, 2.24) is 0 Å². The van der Waals surface area contributed by atoms with Gasteiger partial charge in [-0.3, -0.25) is 4.79 Å². The summed E-state index contributed by atoms with van der Waals surface area (Å²) in [6, 6.07) is 8.00. The molecule has 0 aromatic heterocycles. The largest absolute Gasteiger partial charge is 0.489 e. The van der Waals surface area contributed by atoms with E-state index in [1.165, 1.54) is 17.2 Å². The number of rotatable bonds is 7. The van der Waals surface area contributed by atoms with Crippen molar-refractivity contribution in [3.05, 3.63) is 39.9 Å². The van der Waals surface area contributed by atoms with Gasteiger partial charge in [-0.1, -0.05) is 28.1 Å². The number of hydrogen-bond acceptors (Lipinski definition) is 4. The molecule has 1 aliphatic heterocycles. The van der Waals surface area contributed by atoms with E-state index in [2.05, 4.69) is 20.7 Å². The van der Waals surface area contributed by atoms with Crippen molar-refractivity contribution in [2.24, 2.45) is 0 Å². The number of carbonyl (C=O) groups excluding carboxylic acids is 1. The highest BCUT2D eigenvalue weighted by molar-refractivity contribution is 9.11. The zero-order valence-corrected chi connectivity index (χ0v) is 14.4. The lowest BCUT2D eigenvalue weighted by Gasteiger charge is -2.17. The Kier molecular flexibility index (Phi) is 6.93. The van der Waals surface area contributed by atoms with Crippen LogP contribution in [0, 0.1) is 0 Å². The summed E-state index contributed by atoms with van der Waals surface area (Å²) >= 11 is 3.57. The first-order valence-electron chi connectivity index (χ1n) is 7.41. The van der Waals surface area contributed by atoms with E-state index in [0.29, 0.717) is 19.6 Å². The number of methoxy groups -OCH3 is 1. The molecule has 0 saturated heterocycles. The van der Waals surface area contributed by atoms with Crippen LogP contribution < -0.4 is 4.74 Å². The van der Waals surface area contributed by atoms with Gasteiger partial charge in [-0.2, -0.15) is 0 Å². The standard InChI is InChI=1S/C17H21BrO4/c1-20-17(19)4-2-3-13-5-7-15(8-6-13)22-12-14-11-21-10-9-16(14)18/h5-8H,2-4,9-12H2,1H3.